The number of furan rings is 1. The van der Waals surface area contributed by atoms with Crippen LogP contribution in [-0.2, 0) is 11.2 Å². The lowest BCUT2D eigenvalue weighted by Gasteiger charge is -2.11. The minimum absolute atomic E-state index is 0.0852. The van der Waals surface area contributed by atoms with Crippen LogP contribution in [0.15, 0.2) is 107 Å². The third kappa shape index (κ3) is 6.03. The highest BCUT2D eigenvalue weighted by atomic mass is 35.5. The van der Waals surface area contributed by atoms with Crippen molar-refractivity contribution in [2.45, 2.75) is 6.42 Å². The number of hydrogen-bond donors (Lipinski definition) is 2. The monoisotopic (exact) mass is 470 g/mol. The number of hydrogen-bond acceptors (Lipinski definition) is 3. The van der Waals surface area contributed by atoms with Crippen molar-refractivity contribution in [3.63, 3.8) is 0 Å². The van der Waals surface area contributed by atoms with Crippen LogP contribution >= 0.6 is 11.6 Å². The molecule has 0 fully saturated rings. The number of nitrogens with one attached hydrogen (secondary N) is 2. The Hall–Kier alpha value is -4.09. The Morgan fingerprint density at radius 1 is 0.824 bits per heavy atom. The van der Waals surface area contributed by atoms with Gasteiger partial charge in [0.15, 0.2) is 0 Å². The first-order valence-corrected chi connectivity index (χ1v) is 11.2. The van der Waals surface area contributed by atoms with Crippen molar-refractivity contribution in [1.82, 2.24) is 10.6 Å². The third-order valence-corrected chi connectivity index (χ3v) is 5.45. The molecule has 0 aliphatic carbocycles. The van der Waals surface area contributed by atoms with E-state index in [2.05, 4.69) is 10.6 Å². The van der Waals surface area contributed by atoms with Gasteiger partial charge in [0.2, 0.25) is 0 Å². The lowest BCUT2D eigenvalue weighted by atomic mass is 10.1. The molecule has 2 N–H and O–H groups in total. The summed E-state index contributed by atoms with van der Waals surface area (Å²) in [7, 11) is 0. The van der Waals surface area contributed by atoms with Gasteiger partial charge in [0, 0.05) is 23.7 Å². The van der Waals surface area contributed by atoms with Crippen LogP contribution < -0.4 is 10.6 Å². The van der Waals surface area contributed by atoms with Crippen molar-refractivity contribution >= 4 is 29.5 Å². The average molecular weight is 471 g/mol. The Balaban J connectivity index is 1.54. The van der Waals surface area contributed by atoms with Crippen LogP contribution in [0.3, 0.4) is 0 Å². The fraction of sp³-hybridized carbons (Fsp3) is 0.0714. The van der Waals surface area contributed by atoms with E-state index in [1.54, 1.807) is 42.5 Å². The molecule has 1 aromatic heterocycles. The van der Waals surface area contributed by atoms with Crippen molar-refractivity contribution < 1.29 is 14.0 Å². The Labute approximate surface area is 203 Å². The number of benzene rings is 3. The Bertz CT molecular complexity index is 1300. The van der Waals surface area contributed by atoms with Crippen LogP contribution in [-0.4, -0.2) is 18.4 Å². The maximum atomic E-state index is 13.0. The van der Waals surface area contributed by atoms with Crippen molar-refractivity contribution in [1.29, 1.82) is 0 Å². The zero-order valence-corrected chi connectivity index (χ0v) is 19.1. The van der Waals surface area contributed by atoms with Gasteiger partial charge in [-0.2, -0.15) is 0 Å². The first-order valence-electron chi connectivity index (χ1n) is 10.8. The van der Waals surface area contributed by atoms with Crippen LogP contribution in [0.2, 0.25) is 5.02 Å². The van der Waals surface area contributed by atoms with E-state index in [4.69, 9.17) is 16.0 Å². The van der Waals surface area contributed by atoms with Gasteiger partial charge in [0.05, 0.1) is 5.02 Å². The number of carbonyl (C=O) groups is 2. The van der Waals surface area contributed by atoms with Gasteiger partial charge in [0.25, 0.3) is 11.8 Å². The molecule has 0 saturated carbocycles. The Morgan fingerprint density at radius 3 is 2.24 bits per heavy atom. The zero-order chi connectivity index (χ0) is 23.8. The molecule has 2 amide bonds. The first kappa shape index (κ1) is 23.1. The number of rotatable bonds is 8. The normalized spacial score (nSPS) is 11.1. The second-order valence-electron chi connectivity index (χ2n) is 7.55. The Kier molecular flexibility index (Phi) is 7.58. The lowest BCUT2D eigenvalue weighted by molar-refractivity contribution is -0.117. The van der Waals surface area contributed by atoms with E-state index in [1.165, 1.54) is 6.08 Å². The van der Waals surface area contributed by atoms with Crippen LogP contribution in [0.5, 0.6) is 0 Å². The van der Waals surface area contributed by atoms with E-state index in [0.717, 1.165) is 11.1 Å². The van der Waals surface area contributed by atoms with Gasteiger partial charge >= 0.3 is 0 Å². The maximum absolute atomic E-state index is 13.0. The molecular formula is C28H23ClN2O3. The molecule has 0 atom stereocenters. The predicted octanol–water partition coefficient (Wildman–Crippen LogP) is 5.73. The summed E-state index contributed by atoms with van der Waals surface area (Å²) in [5.41, 5.74) is 2.38. The molecule has 5 nitrogen and oxygen atoms in total. The summed E-state index contributed by atoms with van der Waals surface area (Å²) in [6.45, 7) is 0.421. The molecule has 0 unspecified atom stereocenters. The molecule has 3 aromatic carbocycles. The first-order chi connectivity index (χ1) is 16.6. The minimum atomic E-state index is -0.407. The van der Waals surface area contributed by atoms with Crippen molar-refractivity contribution in [3.8, 4) is 11.3 Å². The van der Waals surface area contributed by atoms with Gasteiger partial charge in [-0.15, -0.1) is 0 Å². The van der Waals surface area contributed by atoms with Gasteiger partial charge in [-0.1, -0.05) is 72.3 Å². The predicted molar refractivity (Wildman–Crippen MR) is 134 cm³/mol. The van der Waals surface area contributed by atoms with Gasteiger partial charge in [0.1, 0.15) is 17.2 Å². The highest BCUT2D eigenvalue weighted by Crippen LogP contribution is 2.29. The minimum Gasteiger partial charge on any atom is -0.457 e. The van der Waals surface area contributed by atoms with Crippen LogP contribution in [0, 0.1) is 0 Å². The molecule has 6 heteroatoms. The average Bonchev–Trinajstić information content (AvgIpc) is 3.33. The smallest absolute Gasteiger partial charge is 0.267 e. The number of carbonyl (C=O) groups excluding carboxylic acids is 2. The summed E-state index contributed by atoms with van der Waals surface area (Å²) < 4.78 is 5.90. The number of amides is 2. The van der Waals surface area contributed by atoms with Crippen molar-refractivity contribution in [2.24, 2.45) is 0 Å². The van der Waals surface area contributed by atoms with E-state index in [0.29, 0.717) is 35.1 Å². The summed E-state index contributed by atoms with van der Waals surface area (Å²) in [6, 6.07) is 29.4. The third-order valence-electron chi connectivity index (χ3n) is 5.12. The lowest BCUT2D eigenvalue weighted by Crippen LogP contribution is -2.35. The molecule has 0 bridgehead atoms. The second kappa shape index (κ2) is 11.2. The van der Waals surface area contributed by atoms with Crippen molar-refractivity contribution in [3.05, 3.63) is 125 Å². The van der Waals surface area contributed by atoms with Gasteiger partial charge in [-0.05, 0) is 48.4 Å². The molecule has 170 valence electrons. The summed E-state index contributed by atoms with van der Waals surface area (Å²) in [5, 5.41) is 6.14. The molecule has 0 aliphatic heterocycles. The molecule has 4 aromatic rings. The fourth-order valence-electron chi connectivity index (χ4n) is 3.38. The molecule has 0 spiro atoms. The van der Waals surface area contributed by atoms with E-state index < -0.39 is 5.91 Å². The SMILES string of the molecule is O=C(NCCc1ccccc1)/C(=C\c1ccc(-c2ccccc2Cl)o1)NC(=O)c1ccccc1. The largest absolute Gasteiger partial charge is 0.457 e. The highest BCUT2D eigenvalue weighted by molar-refractivity contribution is 6.33. The van der Waals surface area contributed by atoms with Crippen LogP contribution in [0.4, 0.5) is 0 Å². The van der Waals surface area contributed by atoms with Gasteiger partial charge < -0.3 is 15.1 Å². The van der Waals surface area contributed by atoms with E-state index in [1.807, 2.05) is 54.6 Å². The van der Waals surface area contributed by atoms with Crippen LogP contribution in [0.1, 0.15) is 21.7 Å². The number of halogens is 1. The van der Waals surface area contributed by atoms with Crippen molar-refractivity contribution in [2.75, 3.05) is 6.54 Å². The summed E-state index contributed by atoms with van der Waals surface area (Å²) in [4.78, 5) is 25.7. The van der Waals surface area contributed by atoms with E-state index in [9.17, 15) is 9.59 Å². The summed E-state index contributed by atoms with van der Waals surface area (Å²) >= 11 is 6.27. The molecule has 34 heavy (non-hydrogen) atoms. The quantitative estimate of drug-likeness (QED) is 0.323. The highest BCUT2D eigenvalue weighted by Gasteiger charge is 2.16. The van der Waals surface area contributed by atoms with Crippen LogP contribution in [0.25, 0.3) is 17.4 Å². The molecule has 4 rings (SSSR count). The van der Waals surface area contributed by atoms with E-state index in [-0.39, 0.29) is 11.6 Å². The van der Waals surface area contributed by atoms with Gasteiger partial charge in [-0.3, -0.25) is 9.59 Å². The topological polar surface area (TPSA) is 71.3 Å². The molecular weight excluding hydrogens is 448 g/mol. The molecule has 1 heterocycles. The van der Waals surface area contributed by atoms with Gasteiger partial charge in [-0.25, -0.2) is 0 Å². The van der Waals surface area contributed by atoms with E-state index >= 15 is 0 Å². The molecule has 0 aliphatic rings. The summed E-state index contributed by atoms with van der Waals surface area (Å²) in [5.74, 6) is 0.186. The summed E-state index contributed by atoms with van der Waals surface area (Å²) in [6.07, 6.45) is 2.18. The second-order valence-corrected chi connectivity index (χ2v) is 7.96. The standard InChI is InChI=1S/C28H23ClN2O3/c29-24-14-8-7-13-23(24)26-16-15-22(34-26)19-25(31-27(32)21-11-5-2-6-12-21)28(33)30-18-17-20-9-3-1-4-10-20/h1-16,19H,17-18H2,(H,30,33)(H,31,32)/b25-19+. The Morgan fingerprint density at radius 2 is 1.50 bits per heavy atom. The fourth-order valence-corrected chi connectivity index (χ4v) is 3.61. The maximum Gasteiger partial charge on any atom is 0.267 e. The zero-order valence-electron chi connectivity index (χ0n) is 18.3. The molecule has 0 saturated heterocycles. The molecule has 0 radical (unpaired) electrons.